The van der Waals surface area contributed by atoms with Crippen molar-refractivity contribution < 1.29 is 0 Å². The smallest absolute Gasteiger partial charge is 0.0415 e. The van der Waals surface area contributed by atoms with Crippen molar-refractivity contribution in [3.8, 4) is 0 Å². The van der Waals surface area contributed by atoms with E-state index >= 15 is 0 Å². The molecule has 1 aromatic rings. The first-order valence-electron chi connectivity index (χ1n) is 5.22. The van der Waals surface area contributed by atoms with E-state index in [2.05, 4.69) is 24.4 Å². The zero-order valence-electron chi connectivity index (χ0n) is 8.18. The third-order valence-corrected chi connectivity index (χ3v) is 3.84. The molecule has 0 amide bonds. The van der Waals surface area contributed by atoms with Gasteiger partial charge in [-0.3, -0.25) is 0 Å². The summed E-state index contributed by atoms with van der Waals surface area (Å²) < 4.78 is 0. The molecule has 0 aromatic carbocycles. The van der Waals surface area contributed by atoms with E-state index in [4.69, 9.17) is 0 Å². The summed E-state index contributed by atoms with van der Waals surface area (Å²) in [6, 6.07) is 5.26. The van der Waals surface area contributed by atoms with Crippen LogP contribution in [0.5, 0.6) is 0 Å². The second-order valence-electron chi connectivity index (χ2n) is 3.70. The fraction of sp³-hybridized carbons (Fsp3) is 0.636. The van der Waals surface area contributed by atoms with Gasteiger partial charge < -0.3 is 5.32 Å². The quantitative estimate of drug-likeness (QED) is 0.781. The predicted octanol–water partition coefficient (Wildman–Crippen LogP) is 3.13. The number of hydrogen-bond donors (Lipinski definition) is 1. The molecule has 1 saturated heterocycles. The van der Waals surface area contributed by atoms with E-state index in [0.717, 1.165) is 0 Å². The molecule has 0 saturated carbocycles. The molecule has 1 aliphatic heterocycles. The second kappa shape index (κ2) is 4.25. The average molecular weight is 195 g/mol. The van der Waals surface area contributed by atoms with Crippen LogP contribution in [0.3, 0.4) is 0 Å². The van der Waals surface area contributed by atoms with Crippen molar-refractivity contribution in [1.82, 2.24) is 5.32 Å². The minimum Gasteiger partial charge on any atom is -0.309 e. The molecule has 2 heteroatoms. The van der Waals surface area contributed by atoms with E-state index in [1.165, 1.54) is 32.2 Å². The van der Waals surface area contributed by atoms with Gasteiger partial charge in [0, 0.05) is 15.8 Å². The highest BCUT2D eigenvalue weighted by Crippen LogP contribution is 2.29. The molecule has 0 aliphatic carbocycles. The lowest BCUT2D eigenvalue weighted by atomic mass is 10.2. The van der Waals surface area contributed by atoms with E-state index in [0.29, 0.717) is 6.04 Å². The zero-order chi connectivity index (χ0) is 9.10. The third-order valence-electron chi connectivity index (χ3n) is 2.58. The summed E-state index contributed by atoms with van der Waals surface area (Å²) >= 11 is 1.99. The second-order valence-corrected chi connectivity index (χ2v) is 4.90. The molecule has 72 valence electrons. The van der Waals surface area contributed by atoms with E-state index < -0.39 is 0 Å². The molecule has 0 bridgehead atoms. The molecule has 1 N–H and O–H groups in total. The highest BCUT2D eigenvalue weighted by Gasteiger charge is 2.17. The molecule has 1 nitrogen and oxygen atoms in total. The summed E-state index contributed by atoms with van der Waals surface area (Å²) in [5.41, 5.74) is 0. The fourth-order valence-electron chi connectivity index (χ4n) is 1.89. The monoisotopic (exact) mass is 195 g/mol. The molecule has 0 unspecified atom stereocenters. The Kier molecular flexibility index (Phi) is 3.01. The highest BCUT2D eigenvalue weighted by molar-refractivity contribution is 7.12. The van der Waals surface area contributed by atoms with E-state index in [-0.39, 0.29) is 0 Å². The number of hydrogen-bond acceptors (Lipinski definition) is 2. The molecule has 1 aliphatic rings. The van der Waals surface area contributed by atoms with Crippen LogP contribution in [0.15, 0.2) is 12.1 Å². The molecular formula is C11H17NS. The van der Waals surface area contributed by atoms with E-state index in [1.807, 2.05) is 11.3 Å². The predicted molar refractivity (Wildman–Crippen MR) is 58.3 cm³/mol. The van der Waals surface area contributed by atoms with Gasteiger partial charge in [0.15, 0.2) is 0 Å². The van der Waals surface area contributed by atoms with Gasteiger partial charge in [0.1, 0.15) is 0 Å². The van der Waals surface area contributed by atoms with Gasteiger partial charge in [0.2, 0.25) is 0 Å². The molecule has 0 spiro atoms. The van der Waals surface area contributed by atoms with Crippen LogP contribution in [-0.4, -0.2) is 6.54 Å². The van der Waals surface area contributed by atoms with Gasteiger partial charge in [0.25, 0.3) is 0 Å². The number of nitrogens with one attached hydrogen (secondary N) is 1. The average Bonchev–Trinajstić information content (AvgIpc) is 2.70. The Hall–Kier alpha value is -0.340. The van der Waals surface area contributed by atoms with Crippen molar-refractivity contribution in [2.24, 2.45) is 0 Å². The van der Waals surface area contributed by atoms with E-state index in [1.54, 1.807) is 9.75 Å². The lowest BCUT2D eigenvalue weighted by molar-refractivity contribution is 0.660. The van der Waals surface area contributed by atoms with Crippen LogP contribution in [0.4, 0.5) is 0 Å². The summed E-state index contributed by atoms with van der Waals surface area (Å²) in [4.78, 5) is 3.09. The topological polar surface area (TPSA) is 12.0 Å². The molecule has 0 radical (unpaired) electrons. The van der Waals surface area contributed by atoms with Crippen LogP contribution in [-0.2, 0) is 6.42 Å². The SMILES string of the molecule is CCCc1ccc([C@H]2CCCN2)s1. The normalized spacial score (nSPS) is 22.4. The Morgan fingerprint density at radius 2 is 2.46 bits per heavy atom. The molecule has 13 heavy (non-hydrogen) atoms. The Balaban J connectivity index is 2.03. The van der Waals surface area contributed by atoms with Gasteiger partial charge in [-0.2, -0.15) is 0 Å². The summed E-state index contributed by atoms with van der Waals surface area (Å²) in [6.45, 7) is 3.44. The largest absolute Gasteiger partial charge is 0.309 e. The summed E-state index contributed by atoms with van der Waals surface area (Å²) in [6.07, 6.45) is 5.17. The van der Waals surface area contributed by atoms with Crippen molar-refractivity contribution >= 4 is 11.3 Å². The number of thiophene rings is 1. The lowest BCUT2D eigenvalue weighted by Crippen LogP contribution is -2.11. The first-order valence-corrected chi connectivity index (χ1v) is 6.04. The van der Waals surface area contributed by atoms with Gasteiger partial charge >= 0.3 is 0 Å². The van der Waals surface area contributed by atoms with Crippen molar-refractivity contribution in [3.63, 3.8) is 0 Å². The van der Waals surface area contributed by atoms with Crippen molar-refractivity contribution in [2.75, 3.05) is 6.54 Å². The summed E-state index contributed by atoms with van der Waals surface area (Å²) in [5, 5.41) is 3.54. The molecule has 1 fully saturated rings. The molecule has 2 rings (SSSR count). The lowest BCUT2D eigenvalue weighted by Gasteiger charge is -2.05. The first-order chi connectivity index (χ1) is 6.40. The van der Waals surface area contributed by atoms with Gasteiger partial charge in [-0.15, -0.1) is 11.3 Å². The van der Waals surface area contributed by atoms with Gasteiger partial charge in [0.05, 0.1) is 0 Å². The minimum absolute atomic E-state index is 0.663. The molecule has 2 heterocycles. The maximum Gasteiger partial charge on any atom is 0.0415 e. The van der Waals surface area contributed by atoms with Gasteiger partial charge in [-0.05, 0) is 37.9 Å². The van der Waals surface area contributed by atoms with Gasteiger partial charge in [-0.1, -0.05) is 13.3 Å². The summed E-state index contributed by atoms with van der Waals surface area (Å²) in [5.74, 6) is 0. The van der Waals surface area contributed by atoms with E-state index in [9.17, 15) is 0 Å². The number of rotatable bonds is 3. The van der Waals surface area contributed by atoms with Crippen LogP contribution < -0.4 is 5.32 Å². The van der Waals surface area contributed by atoms with Crippen LogP contribution >= 0.6 is 11.3 Å². The van der Waals surface area contributed by atoms with Crippen molar-refractivity contribution in [1.29, 1.82) is 0 Å². The molecular weight excluding hydrogens is 178 g/mol. The van der Waals surface area contributed by atoms with Crippen LogP contribution in [0.25, 0.3) is 0 Å². The zero-order valence-corrected chi connectivity index (χ0v) is 8.99. The van der Waals surface area contributed by atoms with Gasteiger partial charge in [-0.25, -0.2) is 0 Å². The highest BCUT2D eigenvalue weighted by atomic mass is 32.1. The maximum atomic E-state index is 3.54. The Bertz CT molecular complexity index is 261. The molecule has 1 aromatic heterocycles. The first kappa shape index (κ1) is 9.22. The Morgan fingerprint density at radius 3 is 3.15 bits per heavy atom. The van der Waals surface area contributed by atoms with Crippen LogP contribution in [0.1, 0.15) is 42.0 Å². The summed E-state index contributed by atoms with van der Waals surface area (Å²) in [7, 11) is 0. The maximum absolute atomic E-state index is 3.54. The van der Waals surface area contributed by atoms with Crippen LogP contribution in [0, 0.1) is 0 Å². The van der Waals surface area contributed by atoms with Crippen molar-refractivity contribution in [2.45, 2.75) is 38.6 Å². The third kappa shape index (κ3) is 2.12. The Morgan fingerprint density at radius 1 is 1.54 bits per heavy atom. The Labute approximate surface area is 84.2 Å². The van der Waals surface area contributed by atoms with Crippen LogP contribution in [0.2, 0.25) is 0 Å². The standard InChI is InChI=1S/C11H17NS/c1-2-4-9-6-7-11(13-9)10-5-3-8-12-10/h6-7,10,12H,2-5,8H2,1H3/t10-/m1/s1. The fourth-order valence-corrected chi connectivity index (χ4v) is 3.11. The minimum atomic E-state index is 0.663. The van der Waals surface area contributed by atoms with Crippen molar-refractivity contribution in [3.05, 3.63) is 21.9 Å². The molecule has 1 atom stereocenters. The number of aryl methyl sites for hydroxylation is 1.